The maximum absolute atomic E-state index is 11.9. The molecule has 0 saturated carbocycles. The van der Waals surface area contributed by atoms with Gasteiger partial charge < -0.3 is 14.3 Å². The number of piperidine rings is 3. The highest BCUT2D eigenvalue weighted by Crippen LogP contribution is 2.48. The van der Waals surface area contributed by atoms with Gasteiger partial charge in [0.15, 0.2) is 0 Å². The van der Waals surface area contributed by atoms with Crippen molar-refractivity contribution in [2.45, 2.75) is 31.5 Å². The van der Waals surface area contributed by atoms with Crippen LogP contribution in [-0.2, 0) is 6.54 Å². The number of quaternary nitrogens is 1. The molecule has 176 valence electrons. The van der Waals surface area contributed by atoms with Gasteiger partial charge in [-0.05, 0) is 41.8 Å². The SMILES string of the molecule is C=C[C@H]1C[N@+]2(Cc3ccccc3[N+](=O)[O-])CC[C@H]1C[C@@H]2[C@@H](O)c1ccnc2ccc(OC)cc12. The normalized spacial score (nSPS) is 26.8. The molecule has 3 fully saturated rings. The predicted octanol–water partition coefficient (Wildman–Crippen LogP) is 4.80. The van der Waals surface area contributed by atoms with Crippen LogP contribution >= 0.6 is 0 Å². The fourth-order valence-electron chi connectivity index (χ4n) is 6.28. The summed E-state index contributed by atoms with van der Waals surface area (Å²) < 4.78 is 6.04. The van der Waals surface area contributed by atoms with E-state index in [-0.39, 0.29) is 16.7 Å². The second-order valence-corrected chi connectivity index (χ2v) is 9.65. The number of nitro groups is 1. The lowest BCUT2D eigenvalue weighted by atomic mass is 9.71. The molecule has 3 aliphatic rings. The largest absolute Gasteiger partial charge is 0.497 e. The number of benzene rings is 2. The molecular weight excluding hydrogens is 430 g/mol. The van der Waals surface area contributed by atoms with E-state index in [0.717, 1.165) is 48.1 Å². The Morgan fingerprint density at radius 1 is 1.32 bits per heavy atom. The lowest BCUT2D eigenvalue weighted by Crippen LogP contribution is -2.67. The van der Waals surface area contributed by atoms with Gasteiger partial charge in [-0.3, -0.25) is 15.1 Å². The number of para-hydroxylation sites is 1. The van der Waals surface area contributed by atoms with Crippen LogP contribution in [0, 0.1) is 22.0 Å². The third kappa shape index (κ3) is 3.75. The van der Waals surface area contributed by atoms with E-state index >= 15 is 0 Å². The molecule has 2 bridgehead atoms. The number of aliphatic hydroxyl groups excluding tert-OH is 1. The maximum Gasteiger partial charge on any atom is 0.278 e. The van der Waals surface area contributed by atoms with Gasteiger partial charge in [-0.25, -0.2) is 0 Å². The summed E-state index contributed by atoms with van der Waals surface area (Å²) in [6, 6.07) is 14.5. The summed E-state index contributed by atoms with van der Waals surface area (Å²) >= 11 is 0. The number of aromatic nitrogens is 1. The van der Waals surface area contributed by atoms with Gasteiger partial charge in [-0.2, -0.15) is 0 Å². The summed E-state index contributed by atoms with van der Waals surface area (Å²) in [7, 11) is 1.63. The molecule has 34 heavy (non-hydrogen) atoms. The first-order chi connectivity index (χ1) is 16.5. The Kier molecular flexibility index (Phi) is 5.83. The first-order valence-electron chi connectivity index (χ1n) is 11.8. The van der Waals surface area contributed by atoms with Gasteiger partial charge in [0.25, 0.3) is 5.69 Å². The van der Waals surface area contributed by atoms with E-state index in [4.69, 9.17) is 4.74 Å². The van der Waals surface area contributed by atoms with Crippen LogP contribution in [0.3, 0.4) is 0 Å². The van der Waals surface area contributed by atoms with Gasteiger partial charge in [-0.15, -0.1) is 6.58 Å². The molecule has 5 atom stereocenters. The number of hydrogen-bond acceptors (Lipinski definition) is 5. The Bertz CT molecular complexity index is 1250. The van der Waals surface area contributed by atoms with Gasteiger partial charge in [-0.1, -0.05) is 18.2 Å². The Balaban J connectivity index is 1.58. The number of hydrogen-bond donors (Lipinski definition) is 1. The highest BCUT2D eigenvalue weighted by atomic mass is 16.6. The molecule has 0 unspecified atom stereocenters. The zero-order valence-electron chi connectivity index (χ0n) is 19.3. The van der Waals surface area contributed by atoms with Gasteiger partial charge in [0.2, 0.25) is 0 Å². The number of pyridine rings is 1. The Labute approximate surface area is 199 Å². The van der Waals surface area contributed by atoms with E-state index in [9.17, 15) is 15.2 Å². The molecule has 2 aromatic carbocycles. The summed E-state index contributed by atoms with van der Waals surface area (Å²) in [5.74, 6) is 1.52. The van der Waals surface area contributed by atoms with E-state index in [2.05, 4.69) is 11.6 Å². The van der Waals surface area contributed by atoms with Crippen molar-refractivity contribution in [1.29, 1.82) is 0 Å². The van der Waals surface area contributed by atoms with Crippen molar-refractivity contribution < 1.29 is 19.2 Å². The summed E-state index contributed by atoms with van der Waals surface area (Å²) in [4.78, 5) is 15.9. The van der Waals surface area contributed by atoms with Crippen LogP contribution in [0.25, 0.3) is 10.9 Å². The number of nitrogens with zero attached hydrogens (tertiary/aromatic N) is 3. The van der Waals surface area contributed by atoms with Crippen molar-refractivity contribution in [3.8, 4) is 5.75 Å². The lowest BCUT2D eigenvalue weighted by Gasteiger charge is -2.58. The Morgan fingerprint density at radius 3 is 2.91 bits per heavy atom. The van der Waals surface area contributed by atoms with Gasteiger partial charge in [0.1, 0.15) is 24.4 Å². The molecule has 0 amide bonds. The number of fused-ring (bicyclic) bond motifs is 4. The predicted molar refractivity (Wildman–Crippen MR) is 130 cm³/mol. The minimum Gasteiger partial charge on any atom is -0.497 e. The molecule has 7 nitrogen and oxygen atoms in total. The third-order valence-electron chi connectivity index (χ3n) is 8.01. The highest BCUT2D eigenvalue weighted by Gasteiger charge is 2.54. The van der Waals surface area contributed by atoms with Gasteiger partial charge in [0.05, 0.1) is 36.2 Å². The molecule has 3 aliphatic heterocycles. The van der Waals surface area contributed by atoms with Crippen molar-refractivity contribution in [2.24, 2.45) is 11.8 Å². The summed E-state index contributed by atoms with van der Waals surface area (Å²) in [6.45, 7) is 6.30. The van der Waals surface area contributed by atoms with Crippen LogP contribution < -0.4 is 4.74 Å². The molecule has 3 saturated heterocycles. The molecular formula is C27H30N3O4+. The van der Waals surface area contributed by atoms with Crippen molar-refractivity contribution in [3.05, 3.63) is 88.6 Å². The van der Waals surface area contributed by atoms with Crippen LogP contribution in [-0.4, -0.2) is 45.7 Å². The number of methoxy groups -OCH3 is 1. The molecule has 0 spiro atoms. The van der Waals surface area contributed by atoms with Crippen molar-refractivity contribution in [2.75, 3.05) is 20.2 Å². The van der Waals surface area contributed by atoms with E-state index in [1.165, 1.54) is 0 Å². The molecule has 0 aliphatic carbocycles. The van der Waals surface area contributed by atoms with E-state index in [1.807, 2.05) is 42.5 Å². The number of nitro benzene ring substituents is 1. The highest BCUT2D eigenvalue weighted by molar-refractivity contribution is 5.83. The molecule has 4 heterocycles. The number of aliphatic hydroxyl groups is 1. The fourth-order valence-corrected chi connectivity index (χ4v) is 6.28. The van der Waals surface area contributed by atoms with E-state index in [1.54, 1.807) is 25.4 Å². The molecule has 1 N–H and O–H groups in total. The number of rotatable bonds is 7. The van der Waals surface area contributed by atoms with Gasteiger partial charge in [0, 0.05) is 36.4 Å². The average Bonchev–Trinajstić information content (AvgIpc) is 2.87. The quantitative estimate of drug-likeness (QED) is 0.237. The standard InChI is InChI=1S/C27H30N3O4/c1-3-18-16-30(17-20-6-4-5-7-25(20)29(32)33)13-11-19(18)14-26(30)27(31)22-10-12-28-24-9-8-21(34-2)15-23(22)24/h3-10,12,15,18-19,26-27,31H,1,11,13-14,16-17H2,2H3/q+1/t18-,19-,26+,27-,30-/m0/s1. The molecule has 3 aromatic rings. The van der Waals surface area contributed by atoms with E-state index in [0.29, 0.717) is 28.4 Å². The Morgan fingerprint density at radius 2 is 2.15 bits per heavy atom. The molecule has 6 rings (SSSR count). The summed E-state index contributed by atoms with van der Waals surface area (Å²) in [6.07, 6.45) is 4.93. The zero-order valence-corrected chi connectivity index (χ0v) is 19.3. The third-order valence-corrected chi connectivity index (χ3v) is 8.01. The average molecular weight is 461 g/mol. The van der Waals surface area contributed by atoms with Crippen LogP contribution in [0.4, 0.5) is 5.69 Å². The van der Waals surface area contributed by atoms with Crippen molar-refractivity contribution >= 4 is 16.6 Å². The Hall–Kier alpha value is -3.29. The van der Waals surface area contributed by atoms with Crippen molar-refractivity contribution in [1.82, 2.24) is 4.98 Å². The fraction of sp³-hybridized carbons (Fsp3) is 0.370. The van der Waals surface area contributed by atoms with Crippen molar-refractivity contribution in [3.63, 3.8) is 0 Å². The molecule has 7 heteroatoms. The van der Waals surface area contributed by atoms with Crippen LogP contribution in [0.5, 0.6) is 5.75 Å². The summed E-state index contributed by atoms with van der Waals surface area (Å²) in [5, 5.41) is 24.5. The van der Waals surface area contributed by atoms with Crippen LogP contribution in [0.1, 0.15) is 30.1 Å². The number of ether oxygens (including phenoxy) is 1. The first-order valence-corrected chi connectivity index (χ1v) is 11.8. The van der Waals surface area contributed by atoms with Crippen LogP contribution in [0.15, 0.2) is 67.4 Å². The minimum atomic E-state index is -0.728. The summed E-state index contributed by atoms with van der Waals surface area (Å²) in [5.41, 5.74) is 2.50. The second kappa shape index (κ2) is 8.81. The van der Waals surface area contributed by atoms with Crippen LogP contribution in [0.2, 0.25) is 0 Å². The van der Waals surface area contributed by atoms with Gasteiger partial charge >= 0.3 is 0 Å². The second-order valence-electron chi connectivity index (χ2n) is 9.65. The topological polar surface area (TPSA) is 85.5 Å². The first kappa shape index (κ1) is 22.5. The lowest BCUT2D eigenvalue weighted by molar-refractivity contribution is -0.985. The molecule has 0 radical (unpaired) electrons. The monoisotopic (exact) mass is 460 g/mol. The maximum atomic E-state index is 11.9. The smallest absolute Gasteiger partial charge is 0.278 e. The minimum absolute atomic E-state index is 0.0773. The zero-order chi connectivity index (χ0) is 23.9. The molecule has 1 aromatic heterocycles. The van der Waals surface area contributed by atoms with E-state index < -0.39 is 6.10 Å².